The first-order chi connectivity index (χ1) is 9.63. The van der Waals surface area contributed by atoms with Crippen LogP contribution in [-0.4, -0.2) is 31.1 Å². The van der Waals surface area contributed by atoms with E-state index in [0.29, 0.717) is 16.7 Å². The lowest BCUT2D eigenvalue weighted by molar-refractivity contribution is 0.102. The summed E-state index contributed by atoms with van der Waals surface area (Å²) < 4.78 is 1.60. The zero-order valence-corrected chi connectivity index (χ0v) is 12.7. The average molecular weight is 304 g/mol. The Labute approximate surface area is 124 Å². The second-order valence-corrected chi connectivity index (χ2v) is 6.70. The molecule has 0 radical (unpaired) electrons. The molecule has 0 saturated heterocycles. The summed E-state index contributed by atoms with van der Waals surface area (Å²) in [6, 6.07) is 3.74. The third-order valence-corrected chi connectivity index (χ3v) is 4.57. The standard InChI is InChI=1S/C13H12N4OS2/c1-8-6-10(9(2)20-8)11(18)7-19-13-15-12-14-4-3-5-17(12)16-13/h3-6H,7H2,1-2H3. The van der Waals surface area contributed by atoms with Crippen LogP contribution in [0.25, 0.3) is 5.78 Å². The number of thioether (sulfide) groups is 1. The highest BCUT2D eigenvalue weighted by atomic mass is 32.2. The summed E-state index contributed by atoms with van der Waals surface area (Å²) in [5.41, 5.74) is 0.807. The van der Waals surface area contributed by atoms with Crippen LogP contribution in [0, 0.1) is 13.8 Å². The Kier molecular flexibility index (Phi) is 3.54. The van der Waals surface area contributed by atoms with E-state index in [1.165, 1.54) is 11.8 Å². The maximum absolute atomic E-state index is 12.2. The summed E-state index contributed by atoms with van der Waals surface area (Å²) in [5.74, 6) is 1.00. The molecule has 0 atom stereocenters. The molecular formula is C13H12N4OS2. The van der Waals surface area contributed by atoms with Crippen LogP contribution in [0.4, 0.5) is 0 Å². The van der Waals surface area contributed by atoms with Crippen LogP contribution in [0.2, 0.25) is 0 Å². The number of carbonyl (C=O) groups is 1. The molecule has 102 valence electrons. The van der Waals surface area contributed by atoms with Crippen LogP contribution in [-0.2, 0) is 0 Å². The van der Waals surface area contributed by atoms with Gasteiger partial charge in [0.05, 0.1) is 5.75 Å². The van der Waals surface area contributed by atoms with Crippen LogP contribution < -0.4 is 0 Å². The number of ketones is 1. The second kappa shape index (κ2) is 5.34. The van der Waals surface area contributed by atoms with Gasteiger partial charge in [-0.15, -0.1) is 16.4 Å². The van der Waals surface area contributed by atoms with Gasteiger partial charge in [-0.05, 0) is 26.0 Å². The molecule has 0 fully saturated rings. The Balaban J connectivity index is 1.73. The molecule has 0 amide bonds. The molecule has 0 aromatic carbocycles. The monoisotopic (exact) mass is 304 g/mol. The van der Waals surface area contributed by atoms with Gasteiger partial charge >= 0.3 is 0 Å². The lowest BCUT2D eigenvalue weighted by Gasteiger charge is -1.97. The maximum Gasteiger partial charge on any atom is 0.253 e. The Morgan fingerprint density at radius 1 is 1.45 bits per heavy atom. The molecule has 0 aliphatic carbocycles. The lowest BCUT2D eigenvalue weighted by atomic mass is 10.2. The van der Waals surface area contributed by atoms with Crippen LogP contribution in [0.1, 0.15) is 20.1 Å². The SMILES string of the molecule is Cc1cc(C(=O)CSc2nc3ncccn3n2)c(C)s1. The van der Waals surface area contributed by atoms with Crippen LogP contribution in [0.15, 0.2) is 29.7 Å². The predicted molar refractivity (Wildman–Crippen MR) is 79.6 cm³/mol. The minimum absolute atomic E-state index is 0.115. The first kappa shape index (κ1) is 13.3. The van der Waals surface area contributed by atoms with Gasteiger partial charge in [0.25, 0.3) is 5.78 Å². The fourth-order valence-electron chi connectivity index (χ4n) is 1.89. The first-order valence-electron chi connectivity index (χ1n) is 6.04. The zero-order chi connectivity index (χ0) is 14.1. The van der Waals surface area contributed by atoms with Gasteiger partial charge in [-0.25, -0.2) is 9.50 Å². The molecule has 3 rings (SSSR count). The van der Waals surface area contributed by atoms with E-state index in [4.69, 9.17) is 0 Å². The van der Waals surface area contributed by atoms with Crippen LogP contribution in [0.3, 0.4) is 0 Å². The molecule has 0 spiro atoms. The number of carbonyl (C=O) groups excluding carboxylic acids is 1. The smallest absolute Gasteiger partial charge is 0.253 e. The van der Waals surface area contributed by atoms with E-state index in [2.05, 4.69) is 15.1 Å². The van der Waals surface area contributed by atoms with Gasteiger partial charge in [-0.1, -0.05) is 11.8 Å². The fraction of sp³-hybridized carbons (Fsp3) is 0.231. The van der Waals surface area contributed by atoms with E-state index in [9.17, 15) is 4.79 Å². The van der Waals surface area contributed by atoms with Gasteiger partial charge in [0.2, 0.25) is 5.16 Å². The van der Waals surface area contributed by atoms with Crippen LogP contribution >= 0.6 is 23.1 Å². The summed E-state index contributed by atoms with van der Waals surface area (Å²) in [4.78, 5) is 22.8. The fourth-order valence-corrected chi connectivity index (χ4v) is 3.54. The largest absolute Gasteiger partial charge is 0.293 e. The molecule has 0 saturated carbocycles. The van der Waals surface area contributed by atoms with E-state index >= 15 is 0 Å². The normalized spacial score (nSPS) is 11.1. The number of Topliss-reactive ketones (excluding diaryl/α,β-unsaturated/α-hetero) is 1. The number of hydrogen-bond donors (Lipinski definition) is 0. The molecule has 7 heteroatoms. The van der Waals surface area contributed by atoms with Crippen molar-refractivity contribution in [2.75, 3.05) is 5.75 Å². The van der Waals surface area contributed by atoms with Gasteiger partial charge in [0.1, 0.15) is 0 Å². The number of nitrogens with zero attached hydrogens (tertiary/aromatic N) is 4. The molecule has 0 unspecified atom stereocenters. The van der Waals surface area contributed by atoms with E-state index in [1.807, 2.05) is 19.9 Å². The molecule has 0 bridgehead atoms. The highest BCUT2D eigenvalue weighted by Crippen LogP contribution is 2.23. The number of hydrogen-bond acceptors (Lipinski definition) is 6. The number of thiophene rings is 1. The molecule has 0 N–H and O–H groups in total. The quantitative estimate of drug-likeness (QED) is 0.548. The molecule has 0 aliphatic rings. The Hall–Kier alpha value is -1.73. The second-order valence-electron chi connectivity index (χ2n) is 4.30. The van der Waals surface area contributed by atoms with Crippen molar-refractivity contribution in [1.29, 1.82) is 0 Å². The van der Waals surface area contributed by atoms with E-state index in [-0.39, 0.29) is 5.78 Å². The van der Waals surface area contributed by atoms with Crippen molar-refractivity contribution in [3.05, 3.63) is 39.8 Å². The first-order valence-corrected chi connectivity index (χ1v) is 7.84. The van der Waals surface area contributed by atoms with Crippen molar-refractivity contribution in [2.45, 2.75) is 19.0 Å². The third kappa shape index (κ3) is 2.59. The summed E-state index contributed by atoms with van der Waals surface area (Å²) in [7, 11) is 0. The van der Waals surface area contributed by atoms with Crippen molar-refractivity contribution < 1.29 is 4.79 Å². The molecule has 5 nitrogen and oxygen atoms in total. The van der Waals surface area contributed by atoms with Crippen molar-refractivity contribution in [1.82, 2.24) is 19.6 Å². The molecule has 3 heterocycles. The highest BCUT2D eigenvalue weighted by molar-refractivity contribution is 7.99. The summed E-state index contributed by atoms with van der Waals surface area (Å²) in [6.07, 6.45) is 3.45. The maximum atomic E-state index is 12.2. The number of aryl methyl sites for hydroxylation is 2. The van der Waals surface area contributed by atoms with Crippen molar-refractivity contribution in [2.24, 2.45) is 0 Å². The van der Waals surface area contributed by atoms with Gasteiger partial charge in [0.15, 0.2) is 5.78 Å². The number of aromatic nitrogens is 4. The lowest BCUT2D eigenvalue weighted by Crippen LogP contribution is -2.02. The van der Waals surface area contributed by atoms with Crippen molar-refractivity contribution in [3.63, 3.8) is 0 Å². The average Bonchev–Trinajstić information content (AvgIpc) is 2.98. The third-order valence-electron chi connectivity index (χ3n) is 2.77. The Bertz CT molecular complexity index is 745. The minimum atomic E-state index is 0.115. The predicted octanol–water partition coefficient (Wildman–Crippen LogP) is 2.78. The molecule has 3 aromatic heterocycles. The molecule has 20 heavy (non-hydrogen) atoms. The van der Waals surface area contributed by atoms with Gasteiger partial charge in [-0.2, -0.15) is 4.98 Å². The zero-order valence-electron chi connectivity index (χ0n) is 11.0. The summed E-state index contributed by atoms with van der Waals surface area (Å²) >= 11 is 2.99. The van der Waals surface area contributed by atoms with E-state index in [1.54, 1.807) is 34.3 Å². The molecule has 0 aliphatic heterocycles. The van der Waals surface area contributed by atoms with Crippen molar-refractivity contribution >= 4 is 34.7 Å². The van der Waals surface area contributed by atoms with Gasteiger partial charge < -0.3 is 0 Å². The van der Waals surface area contributed by atoms with E-state index < -0.39 is 0 Å². The molecule has 3 aromatic rings. The van der Waals surface area contributed by atoms with Gasteiger partial charge in [-0.3, -0.25) is 4.79 Å². The highest BCUT2D eigenvalue weighted by Gasteiger charge is 2.14. The summed E-state index contributed by atoms with van der Waals surface area (Å²) in [5, 5.41) is 4.83. The summed E-state index contributed by atoms with van der Waals surface area (Å²) in [6.45, 7) is 3.99. The number of rotatable bonds is 4. The van der Waals surface area contributed by atoms with Gasteiger partial charge in [0, 0.05) is 27.7 Å². The topological polar surface area (TPSA) is 60.2 Å². The van der Waals surface area contributed by atoms with E-state index in [0.717, 1.165) is 15.3 Å². The number of fused-ring (bicyclic) bond motifs is 1. The molecular weight excluding hydrogens is 292 g/mol. The Morgan fingerprint density at radius 2 is 2.30 bits per heavy atom. The van der Waals surface area contributed by atoms with Crippen LogP contribution in [0.5, 0.6) is 0 Å². The minimum Gasteiger partial charge on any atom is -0.293 e. The van der Waals surface area contributed by atoms with Crippen molar-refractivity contribution in [3.8, 4) is 0 Å². The Morgan fingerprint density at radius 3 is 3.00 bits per heavy atom.